The van der Waals surface area contributed by atoms with Gasteiger partial charge in [-0.1, -0.05) is 30.0 Å². The van der Waals surface area contributed by atoms with Gasteiger partial charge in [-0.3, -0.25) is 4.79 Å². The van der Waals surface area contributed by atoms with Gasteiger partial charge in [0.15, 0.2) is 5.12 Å². The highest BCUT2D eigenvalue weighted by Gasteiger charge is 2.19. The van der Waals surface area contributed by atoms with E-state index in [2.05, 4.69) is 0 Å². The van der Waals surface area contributed by atoms with Crippen LogP contribution in [0.5, 0.6) is 0 Å². The Kier molecular flexibility index (Phi) is 4.65. The van der Waals surface area contributed by atoms with Gasteiger partial charge in [0, 0.05) is 18.4 Å². The zero-order chi connectivity index (χ0) is 14.7. The van der Waals surface area contributed by atoms with Crippen LogP contribution >= 0.6 is 11.8 Å². The van der Waals surface area contributed by atoms with Gasteiger partial charge in [0.2, 0.25) is 0 Å². The first-order valence-electron chi connectivity index (χ1n) is 6.26. The van der Waals surface area contributed by atoms with E-state index in [9.17, 15) is 15.0 Å². The van der Waals surface area contributed by atoms with E-state index in [0.29, 0.717) is 11.3 Å². The monoisotopic (exact) mass is 291 g/mol. The first-order valence-corrected chi connectivity index (χ1v) is 7.24. The van der Waals surface area contributed by atoms with Crippen molar-refractivity contribution in [2.75, 3.05) is 11.5 Å². The van der Waals surface area contributed by atoms with Crippen molar-refractivity contribution in [3.8, 4) is 0 Å². The summed E-state index contributed by atoms with van der Waals surface area (Å²) in [5, 5.41) is 21.9. The second-order valence-electron chi connectivity index (χ2n) is 4.68. The maximum atomic E-state index is 10.9. The SMILES string of the molecule is CC(=O)SCC(O)C(O)c1ccc2cc(N)ccc2c1. The molecule has 0 saturated carbocycles. The third-order valence-electron chi connectivity index (χ3n) is 3.05. The molecule has 2 unspecified atom stereocenters. The van der Waals surface area contributed by atoms with Crippen LogP contribution in [0.4, 0.5) is 5.69 Å². The number of hydrogen-bond acceptors (Lipinski definition) is 5. The number of hydrogen-bond donors (Lipinski definition) is 3. The zero-order valence-corrected chi connectivity index (χ0v) is 11.9. The Morgan fingerprint density at radius 1 is 1.20 bits per heavy atom. The molecule has 106 valence electrons. The fraction of sp³-hybridized carbons (Fsp3) is 0.267. The predicted octanol–water partition coefficient (Wildman–Crippen LogP) is 2.10. The lowest BCUT2D eigenvalue weighted by atomic mass is 10.0. The summed E-state index contributed by atoms with van der Waals surface area (Å²) < 4.78 is 0. The summed E-state index contributed by atoms with van der Waals surface area (Å²) >= 11 is 1.00. The molecule has 5 heteroatoms. The first-order chi connectivity index (χ1) is 9.47. The Hall–Kier alpha value is -1.56. The Morgan fingerprint density at radius 2 is 1.85 bits per heavy atom. The molecule has 2 aromatic carbocycles. The lowest BCUT2D eigenvalue weighted by Crippen LogP contribution is -2.21. The number of rotatable bonds is 4. The van der Waals surface area contributed by atoms with Crippen molar-refractivity contribution in [1.82, 2.24) is 0 Å². The molecule has 0 spiro atoms. The summed E-state index contributed by atoms with van der Waals surface area (Å²) in [5.74, 6) is 0.177. The van der Waals surface area contributed by atoms with Crippen LogP contribution < -0.4 is 5.73 Å². The van der Waals surface area contributed by atoms with Crippen LogP contribution in [-0.2, 0) is 4.79 Å². The maximum Gasteiger partial charge on any atom is 0.185 e. The third-order valence-corrected chi connectivity index (χ3v) is 3.97. The summed E-state index contributed by atoms with van der Waals surface area (Å²) in [5.41, 5.74) is 7.02. The number of nitrogens with two attached hydrogens (primary N) is 1. The predicted molar refractivity (Wildman–Crippen MR) is 82.5 cm³/mol. The molecule has 0 radical (unpaired) electrons. The summed E-state index contributed by atoms with van der Waals surface area (Å²) in [7, 11) is 0. The smallest absolute Gasteiger partial charge is 0.185 e. The van der Waals surface area contributed by atoms with E-state index in [-0.39, 0.29) is 10.9 Å². The average molecular weight is 291 g/mol. The van der Waals surface area contributed by atoms with Gasteiger partial charge in [-0.05, 0) is 34.5 Å². The molecule has 0 heterocycles. The van der Waals surface area contributed by atoms with Crippen LogP contribution in [0.3, 0.4) is 0 Å². The first kappa shape index (κ1) is 14.8. The van der Waals surface area contributed by atoms with Gasteiger partial charge in [-0.2, -0.15) is 0 Å². The van der Waals surface area contributed by atoms with Crippen molar-refractivity contribution < 1.29 is 15.0 Å². The highest BCUT2D eigenvalue weighted by Crippen LogP contribution is 2.25. The van der Waals surface area contributed by atoms with E-state index in [1.807, 2.05) is 24.3 Å². The van der Waals surface area contributed by atoms with Crippen molar-refractivity contribution in [2.24, 2.45) is 0 Å². The van der Waals surface area contributed by atoms with Gasteiger partial charge in [0.25, 0.3) is 0 Å². The van der Waals surface area contributed by atoms with Crippen LogP contribution in [0.1, 0.15) is 18.6 Å². The summed E-state index contributed by atoms with van der Waals surface area (Å²) in [6.07, 6.45) is -1.99. The molecule has 0 aliphatic heterocycles. The molecule has 0 bridgehead atoms. The topological polar surface area (TPSA) is 83.5 Å². The molecule has 2 rings (SSSR count). The van der Waals surface area contributed by atoms with Crippen LogP contribution in [-0.4, -0.2) is 27.2 Å². The second kappa shape index (κ2) is 6.26. The van der Waals surface area contributed by atoms with Crippen molar-refractivity contribution in [1.29, 1.82) is 0 Å². The number of fused-ring (bicyclic) bond motifs is 1. The Bertz CT molecular complexity index is 630. The van der Waals surface area contributed by atoms with Gasteiger partial charge >= 0.3 is 0 Å². The largest absolute Gasteiger partial charge is 0.399 e. The second-order valence-corrected chi connectivity index (χ2v) is 5.88. The fourth-order valence-electron chi connectivity index (χ4n) is 1.98. The van der Waals surface area contributed by atoms with E-state index in [4.69, 9.17) is 5.73 Å². The minimum Gasteiger partial charge on any atom is -0.399 e. The van der Waals surface area contributed by atoms with E-state index < -0.39 is 12.2 Å². The minimum absolute atomic E-state index is 0.0785. The van der Waals surface area contributed by atoms with Gasteiger partial charge in [0.05, 0.1) is 6.10 Å². The van der Waals surface area contributed by atoms with E-state index in [0.717, 1.165) is 22.5 Å². The molecule has 0 fully saturated rings. The van der Waals surface area contributed by atoms with Crippen LogP contribution in [0, 0.1) is 0 Å². The molecular formula is C15H17NO3S. The Morgan fingerprint density at radius 3 is 2.55 bits per heavy atom. The van der Waals surface area contributed by atoms with E-state index in [1.165, 1.54) is 6.92 Å². The molecule has 4 nitrogen and oxygen atoms in total. The lowest BCUT2D eigenvalue weighted by molar-refractivity contribution is -0.109. The highest BCUT2D eigenvalue weighted by molar-refractivity contribution is 8.13. The normalized spacial score (nSPS) is 14.2. The van der Waals surface area contributed by atoms with Crippen molar-refractivity contribution in [2.45, 2.75) is 19.1 Å². The molecule has 0 aliphatic rings. The third kappa shape index (κ3) is 3.50. The van der Waals surface area contributed by atoms with Crippen molar-refractivity contribution in [3.05, 3.63) is 42.0 Å². The maximum absolute atomic E-state index is 10.9. The van der Waals surface area contributed by atoms with Gasteiger partial charge in [-0.15, -0.1) is 0 Å². The van der Waals surface area contributed by atoms with Gasteiger partial charge in [-0.25, -0.2) is 0 Å². The van der Waals surface area contributed by atoms with Gasteiger partial charge in [0.1, 0.15) is 6.10 Å². The number of aliphatic hydroxyl groups is 2. The highest BCUT2D eigenvalue weighted by atomic mass is 32.2. The average Bonchev–Trinajstić information content (AvgIpc) is 2.43. The van der Waals surface area contributed by atoms with Crippen LogP contribution in [0.2, 0.25) is 0 Å². The fourth-order valence-corrected chi connectivity index (χ4v) is 2.57. The minimum atomic E-state index is -1.01. The molecule has 0 aliphatic carbocycles. The lowest BCUT2D eigenvalue weighted by Gasteiger charge is -2.17. The number of benzene rings is 2. The molecule has 4 N–H and O–H groups in total. The van der Waals surface area contributed by atoms with Gasteiger partial charge < -0.3 is 15.9 Å². The number of aliphatic hydroxyl groups excluding tert-OH is 2. The molecule has 0 saturated heterocycles. The summed E-state index contributed by atoms with van der Waals surface area (Å²) in [6.45, 7) is 1.43. The van der Waals surface area contributed by atoms with Crippen molar-refractivity contribution >= 4 is 33.3 Å². The van der Waals surface area contributed by atoms with Crippen LogP contribution in [0.25, 0.3) is 10.8 Å². The number of anilines is 1. The number of carbonyl (C=O) groups is 1. The van der Waals surface area contributed by atoms with Crippen molar-refractivity contribution in [3.63, 3.8) is 0 Å². The van der Waals surface area contributed by atoms with E-state index in [1.54, 1.807) is 12.1 Å². The Balaban J connectivity index is 2.19. The molecule has 2 aromatic rings. The molecule has 0 amide bonds. The van der Waals surface area contributed by atoms with Crippen LogP contribution in [0.15, 0.2) is 36.4 Å². The number of thioether (sulfide) groups is 1. The Labute approximate surface area is 121 Å². The zero-order valence-electron chi connectivity index (χ0n) is 11.1. The summed E-state index contributed by atoms with van der Waals surface area (Å²) in [4.78, 5) is 10.9. The number of carbonyl (C=O) groups excluding carboxylic acids is 1. The van der Waals surface area contributed by atoms with E-state index >= 15 is 0 Å². The summed E-state index contributed by atoms with van der Waals surface area (Å²) in [6, 6.07) is 11.0. The number of nitrogen functional groups attached to an aromatic ring is 1. The quantitative estimate of drug-likeness (QED) is 0.751. The molecule has 0 aromatic heterocycles. The molecular weight excluding hydrogens is 274 g/mol. The standard InChI is InChI=1S/C15H17NO3S/c1-9(17)20-8-14(18)15(19)12-3-2-11-7-13(16)5-4-10(11)6-12/h2-7,14-15,18-19H,8,16H2,1H3. The molecule has 2 atom stereocenters. The molecule has 20 heavy (non-hydrogen) atoms.